The second-order valence-electron chi connectivity index (χ2n) is 5.51. The van der Waals surface area contributed by atoms with E-state index < -0.39 is 16.5 Å². The van der Waals surface area contributed by atoms with Gasteiger partial charge in [0.1, 0.15) is 6.10 Å². The van der Waals surface area contributed by atoms with Crippen molar-refractivity contribution in [1.82, 2.24) is 0 Å². The zero-order valence-electron chi connectivity index (χ0n) is 12.8. The normalized spacial score (nSPS) is 23.3. The maximum Gasteiger partial charge on any atom is 0.397 e. The summed E-state index contributed by atoms with van der Waals surface area (Å²) in [4.78, 5) is 0. The SMILES string of the molecule is CCCCCCCCCCC1OCC(OS(=O)(=O)O)CO1. The molecule has 0 aromatic heterocycles. The number of hydrogen-bond acceptors (Lipinski definition) is 5. The number of unbranched alkanes of at least 4 members (excludes halogenated alkanes) is 7. The molecule has 1 rings (SSSR count). The summed E-state index contributed by atoms with van der Waals surface area (Å²) in [5.74, 6) is 0. The van der Waals surface area contributed by atoms with Gasteiger partial charge < -0.3 is 9.47 Å². The molecular weight excluding hydrogens is 296 g/mol. The number of ether oxygens (including phenoxy) is 2. The third-order valence-electron chi connectivity index (χ3n) is 3.49. The quantitative estimate of drug-likeness (QED) is 0.464. The van der Waals surface area contributed by atoms with Crippen molar-refractivity contribution in [3.05, 3.63) is 0 Å². The summed E-state index contributed by atoms with van der Waals surface area (Å²) < 4.78 is 44.8. The van der Waals surface area contributed by atoms with Crippen LogP contribution in [0.3, 0.4) is 0 Å². The summed E-state index contributed by atoms with van der Waals surface area (Å²) in [6.45, 7) is 2.47. The molecule has 1 aliphatic heterocycles. The van der Waals surface area contributed by atoms with Gasteiger partial charge in [-0.05, 0) is 12.8 Å². The van der Waals surface area contributed by atoms with Crippen LogP contribution in [0.15, 0.2) is 0 Å². The van der Waals surface area contributed by atoms with E-state index in [2.05, 4.69) is 11.1 Å². The van der Waals surface area contributed by atoms with Gasteiger partial charge in [0.25, 0.3) is 0 Å². The summed E-state index contributed by atoms with van der Waals surface area (Å²) in [6, 6.07) is 0. The molecule has 1 saturated heterocycles. The highest BCUT2D eigenvalue weighted by atomic mass is 32.3. The molecule has 0 saturated carbocycles. The fraction of sp³-hybridized carbons (Fsp3) is 1.00. The molecule has 1 heterocycles. The van der Waals surface area contributed by atoms with Gasteiger partial charge in [0.05, 0.1) is 13.2 Å². The molecule has 1 aliphatic rings. The van der Waals surface area contributed by atoms with Crippen LogP contribution in [0.2, 0.25) is 0 Å². The minimum Gasteiger partial charge on any atom is -0.350 e. The monoisotopic (exact) mass is 324 g/mol. The van der Waals surface area contributed by atoms with E-state index in [1.807, 2.05) is 0 Å². The Morgan fingerprint density at radius 2 is 1.52 bits per heavy atom. The first kappa shape index (κ1) is 18.8. The van der Waals surface area contributed by atoms with Crippen LogP contribution in [0.4, 0.5) is 0 Å². The van der Waals surface area contributed by atoms with Gasteiger partial charge in [-0.3, -0.25) is 4.55 Å². The molecule has 0 bridgehead atoms. The van der Waals surface area contributed by atoms with Crippen LogP contribution in [-0.4, -0.2) is 38.6 Å². The van der Waals surface area contributed by atoms with E-state index in [-0.39, 0.29) is 19.5 Å². The van der Waals surface area contributed by atoms with Crippen LogP contribution in [0.1, 0.15) is 64.7 Å². The maximum atomic E-state index is 10.5. The molecule has 0 aromatic rings. The van der Waals surface area contributed by atoms with Gasteiger partial charge in [-0.15, -0.1) is 0 Å². The third kappa shape index (κ3) is 10.2. The number of rotatable bonds is 11. The van der Waals surface area contributed by atoms with E-state index in [1.165, 1.54) is 44.9 Å². The standard InChI is InChI=1S/C14H28O6S/c1-2-3-4-5-6-7-8-9-10-14-18-11-13(12-19-14)20-21(15,16)17/h13-14H,2-12H2,1H3,(H,15,16,17). The second kappa shape index (κ2) is 10.5. The van der Waals surface area contributed by atoms with Crippen molar-refractivity contribution < 1.29 is 26.6 Å². The Hall–Kier alpha value is -0.210. The molecule has 0 aliphatic carbocycles. The smallest absolute Gasteiger partial charge is 0.350 e. The molecule has 7 heteroatoms. The van der Waals surface area contributed by atoms with Crippen molar-refractivity contribution in [1.29, 1.82) is 0 Å². The first-order chi connectivity index (χ1) is 10.0. The van der Waals surface area contributed by atoms with Gasteiger partial charge in [0, 0.05) is 0 Å². The molecule has 0 spiro atoms. The molecule has 126 valence electrons. The van der Waals surface area contributed by atoms with Gasteiger partial charge in [-0.25, -0.2) is 4.18 Å². The summed E-state index contributed by atoms with van der Waals surface area (Å²) in [7, 11) is -4.44. The Morgan fingerprint density at radius 1 is 1.00 bits per heavy atom. The van der Waals surface area contributed by atoms with E-state index in [1.54, 1.807) is 0 Å². The van der Waals surface area contributed by atoms with Crippen molar-refractivity contribution in [3.8, 4) is 0 Å². The van der Waals surface area contributed by atoms with Crippen molar-refractivity contribution in [3.63, 3.8) is 0 Å². The first-order valence-electron chi connectivity index (χ1n) is 7.90. The lowest BCUT2D eigenvalue weighted by Crippen LogP contribution is -2.38. The Bertz CT molecular complexity index is 348. The lowest BCUT2D eigenvalue weighted by atomic mass is 10.1. The topological polar surface area (TPSA) is 82.1 Å². The van der Waals surface area contributed by atoms with Gasteiger partial charge >= 0.3 is 10.4 Å². The minimum absolute atomic E-state index is 0.126. The van der Waals surface area contributed by atoms with Crippen LogP contribution in [0.5, 0.6) is 0 Å². The highest BCUT2D eigenvalue weighted by molar-refractivity contribution is 7.80. The second-order valence-corrected chi connectivity index (χ2v) is 6.55. The fourth-order valence-corrected chi connectivity index (χ4v) is 2.82. The molecule has 6 nitrogen and oxygen atoms in total. The third-order valence-corrected chi connectivity index (χ3v) is 4.00. The van der Waals surface area contributed by atoms with E-state index in [9.17, 15) is 8.42 Å². The van der Waals surface area contributed by atoms with Crippen LogP contribution in [0.25, 0.3) is 0 Å². The van der Waals surface area contributed by atoms with Gasteiger partial charge in [-0.1, -0.05) is 51.9 Å². The predicted octanol–water partition coefficient (Wildman–Crippen LogP) is 3.08. The zero-order chi connectivity index (χ0) is 15.6. The molecule has 0 amide bonds. The van der Waals surface area contributed by atoms with Crippen molar-refractivity contribution in [2.75, 3.05) is 13.2 Å². The highest BCUT2D eigenvalue weighted by Crippen LogP contribution is 2.16. The zero-order valence-corrected chi connectivity index (χ0v) is 13.6. The van der Waals surface area contributed by atoms with E-state index >= 15 is 0 Å². The van der Waals surface area contributed by atoms with E-state index in [0.29, 0.717) is 0 Å². The van der Waals surface area contributed by atoms with Crippen LogP contribution < -0.4 is 0 Å². The van der Waals surface area contributed by atoms with Crippen molar-refractivity contribution in [2.24, 2.45) is 0 Å². The van der Waals surface area contributed by atoms with Gasteiger partial charge in [0.15, 0.2) is 6.29 Å². The Kier molecular flexibility index (Phi) is 9.42. The van der Waals surface area contributed by atoms with Crippen molar-refractivity contribution >= 4 is 10.4 Å². The van der Waals surface area contributed by atoms with Gasteiger partial charge in [0.2, 0.25) is 0 Å². The molecule has 0 radical (unpaired) electrons. The average Bonchev–Trinajstić information content (AvgIpc) is 2.42. The average molecular weight is 324 g/mol. The molecule has 1 fully saturated rings. The van der Waals surface area contributed by atoms with Crippen molar-refractivity contribution in [2.45, 2.75) is 77.1 Å². The number of hydrogen-bond donors (Lipinski definition) is 1. The van der Waals surface area contributed by atoms with Gasteiger partial charge in [-0.2, -0.15) is 8.42 Å². The Labute approximate surface area is 128 Å². The summed E-state index contributed by atoms with van der Waals surface area (Å²) in [5.41, 5.74) is 0. The maximum absolute atomic E-state index is 10.5. The Morgan fingerprint density at radius 3 is 2.05 bits per heavy atom. The predicted molar refractivity (Wildman–Crippen MR) is 79.3 cm³/mol. The summed E-state index contributed by atoms with van der Waals surface area (Å²) in [6.07, 6.45) is 9.77. The summed E-state index contributed by atoms with van der Waals surface area (Å²) >= 11 is 0. The van der Waals surface area contributed by atoms with Crippen LogP contribution >= 0.6 is 0 Å². The van der Waals surface area contributed by atoms with E-state index in [0.717, 1.165) is 12.8 Å². The van der Waals surface area contributed by atoms with Crippen LogP contribution in [-0.2, 0) is 24.1 Å². The summed E-state index contributed by atoms with van der Waals surface area (Å²) in [5, 5.41) is 0. The molecule has 1 N–H and O–H groups in total. The first-order valence-corrected chi connectivity index (χ1v) is 9.26. The molecular formula is C14H28O6S. The fourth-order valence-electron chi connectivity index (χ4n) is 2.36. The highest BCUT2D eigenvalue weighted by Gasteiger charge is 2.26. The lowest BCUT2D eigenvalue weighted by molar-refractivity contribution is -0.213. The Balaban J connectivity index is 1.96. The molecule has 0 unspecified atom stereocenters. The lowest BCUT2D eigenvalue weighted by Gasteiger charge is -2.28. The largest absolute Gasteiger partial charge is 0.397 e. The van der Waals surface area contributed by atoms with E-state index in [4.69, 9.17) is 14.0 Å². The van der Waals surface area contributed by atoms with Crippen LogP contribution in [0, 0.1) is 0 Å². The molecule has 21 heavy (non-hydrogen) atoms. The molecule has 0 aromatic carbocycles. The minimum atomic E-state index is -4.44. The molecule has 0 atom stereocenters.